The number of carbonyl (C=O) groups excluding carboxylic acids is 1. The van der Waals surface area contributed by atoms with Crippen molar-refractivity contribution >= 4 is 35.8 Å². The fourth-order valence-corrected chi connectivity index (χ4v) is 3.28. The first-order valence-corrected chi connectivity index (χ1v) is 11.3. The van der Waals surface area contributed by atoms with Crippen LogP contribution in [-0.2, 0) is 11.3 Å². The van der Waals surface area contributed by atoms with Gasteiger partial charge in [-0.1, -0.05) is 54.1 Å². The molecule has 0 fully saturated rings. The monoisotopic (exact) mass is 470 g/mol. The van der Waals surface area contributed by atoms with E-state index in [1.807, 2.05) is 60.7 Å². The van der Waals surface area contributed by atoms with Crippen molar-refractivity contribution in [2.45, 2.75) is 25.6 Å². The molecule has 6 nitrogen and oxygen atoms in total. The fourth-order valence-electron chi connectivity index (χ4n) is 2.94. The molecule has 0 saturated heterocycles. The minimum Gasteiger partial charge on any atom is -0.463 e. The fraction of sp³-hybridized carbons (Fsp3) is 0.250. The van der Waals surface area contributed by atoms with Crippen molar-refractivity contribution in [3.8, 4) is 17.1 Å². The van der Waals surface area contributed by atoms with Crippen LogP contribution < -0.4 is 21.1 Å². The average Bonchev–Trinajstić information content (AvgIpc) is 2.82. The number of ether oxygens (including phenoxy) is 1. The van der Waals surface area contributed by atoms with Crippen molar-refractivity contribution in [1.29, 1.82) is 0 Å². The molecule has 1 aromatic heterocycles. The number of amides is 1. The number of pyridine rings is 1. The van der Waals surface area contributed by atoms with Crippen LogP contribution in [0.2, 0.25) is 5.02 Å². The van der Waals surface area contributed by atoms with E-state index < -0.39 is 6.10 Å². The highest BCUT2D eigenvalue weighted by atomic mass is 35.5. The third-order valence-corrected chi connectivity index (χ3v) is 5.44. The number of hydrogen-bond acceptors (Lipinski definition) is 6. The minimum atomic E-state index is -0.758. The standard InChI is InChI=1S/C24H27ClN4O2S/c1-16(23(30)28-13-17-6-5-9-19(25)12-17)31-24-22(27-14-20(26)15-32)11-10-21(29-24)18-7-3-2-4-8-18/h2-12,16,20,27,32H,13-15,26H2,1H3,(H,28,30)/t16-,20?/m1/s1. The number of nitrogens with zero attached hydrogens (tertiary/aromatic N) is 1. The largest absolute Gasteiger partial charge is 0.463 e. The molecule has 0 bridgehead atoms. The van der Waals surface area contributed by atoms with E-state index in [1.54, 1.807) is 13.0 Å². The van der Waals surface area contributed by atoms with Crippen molar-refractivity contribution in [3.05, 3.63) is 77.3 Å². The topological polar surface area (TPSA) is 89.3 Å². The Hall–Kier alpha value is -2.74. The zero-order valence-corrected chi connectivity index (χ0v) is 19.4. The molecule has 1 heterocycles. The summed E-state index contributed by atoms with van der Waals surface area (Å²) in [5, 5.41) is 6.74. The molecule has 0 aliphatic carbocycles. The lowest BCUT2D eigenvalue weighted by molar-refractivity contribution is -0.127. The van der Waals surface area contributed by atoms with Gasteiger partial charge in [-0.3, -0.25) is 4.79 Å². The number of aromatic nitrogens is 1. The highest BCUT2D eigenvalue weighted by Gasteiger charge is 2.18. The zero-order valence-electron chi connectivity index (χ0n) is 17.8. The van der Waals surface area contributed by atoms with Gasteiger partial charge in [0.2, 0.25) is 5.88 Å². The van der Waals surface area contributed by atoms with Crippen molar-refractivity contribution < 1.29 is 9.53 Å². The predicted octanol–water partition coefficient (Wildman–Crippen LogP) is 4.15. The molecule has 3 aromatic rings. The van der Waals surface area contributed by atoms with Crippen LogP contribution >= 0.6 is 24.2 Å². The number of rotatable bonds is 10. The lowest BCUT2D eigenvalue weighted by Crippen LogP contribution is -2.36. The van der Waals surface area contributed by atoms with E-state index in [9.17, 15) is 4.79 Å². The van der Waals surface area contributed by atoms with E-state index in [0.717, 1.165) is 16.8 Å². The van der Waals surface area contributed by atoms with Crippen LogP contribution in [0.4, 0.5) is 5.69 Å². The number of halogens is 1. The zero-order chi connectivity index (χ0) is 22.9. The Morgan fingerprint density at radius 2 is 1.94 bits per heavy atom. The van der Waals surface area contributed by atoms with Gasteiger partial charge in [0.1, 0.15) is 0 Å². The summed E-state index contributed by atoms with van der Waals surface area (Å²) in [6.45, 7) is 2.54. The number of thiol groups is 1. The van der Waals surface area contributed by atoms with Crippen molar-refractivity contribution in [1.82, 2.24) is 10.3 Å². The van der Waals surface area contributed by atoms with Crippen molar-refractivity contribution in [3.63, 3.8) is 0 Å². The maximum atomic E-state index is 12.6. The van der Waals surface area contributed by atoms with Crippen molar-refractivity contribution in [2.75, 3.05) is 17.6 Å². The number of hydrogen-bond donors (Lipinski definition) is 4. The molecule has 2 atom stereocenters. The number of nitrogens with one attached hydrogen (secondary N) is 2. The summed E-state index contributed by atoms with van der Waals surface area (Å²) in [6.07, 6.45) is -0.758. The molecule has 4 N–H and O–H groups in total. The summed E-state index contributed by atoms with van der Waals surface area (Å²) < 4.78 is 5.98. The molecule has 3 rings (SSSR count). The first-order chi connectivity index (χ1) is 15.5. The summed E-state index contributed by atoms with van der Waals surface area (Å²) in [7, 11) is 0. The summed E-state index contributed by atoms with van der Waals surface area (Å²) in [5.41, 5.74) is 9.24. The smallest absolute Gasteiger partial charge is 0.261 e. The highest BCUT2D eigenvalue weighted by molar-refractivity contribution is 7.80. The number of benzene rings is 2. The van der Waals surface area contributed by atoms with Crippen LogP contribution in [0.25, 0.3) is 11.3 Å². The lowest BCUT2D eigenvalue weighted by Gasteiger charge is -2.19. The van der Waals surface area contributed by atoms with Gasteiger partial charge in [-0.05, 0) is 36.8 Å². The normalized spacial score (nSPS) is 12.6. The first kappa shape index (κ1) is 23.9. The number of carbonyl (C=O) groups is 1. The molecule has 0 saturated carbocycles. The maximum Gasteiger partial charge on any atom is 0.261 e. The van der Waals surface area contributed by atoms with Crippen LogP contribution in [0.1, 0.15) is 12.5 Å². The first-order valence-electron chi connectivity index (χ1n) is 10.3. The third-order valence-electron chi connectivity index (χ3n) is 4.73. The van der Waals surface area contributed by atoms with E-state index >= 15 is 0 Å². The summed E-state index contributed by atoms with van der Waals surface area (Å²) in [6, 6.07) is 20.8. The highest BCUT2D eigenvalue weighted by Crippen LogP contribution is 2.28. The molecular weight excluding hydrogens is 444 g/mol. The van der Waals surface area contributed by atoms with E-state index in [1.165, 1.54) is 0 Å². The molecule has 2 aromatic carbocycles. The molecule has 168 valence electrons. The van der Waals surface area contributed by atoms with Gasteiger partial charge < -0.3 is 21.1 Å². The summed E-state index contributed by atoms with van der Waals surface area (Å²) >= 11 is 10.2. The molecule has 1 unspecified atom stereocenters. The van der Waals surface area contributed by atoms with E-state index in [-0.39, 0.29) is 11.9 Å². The van der Waals surface area contributed by atoms with Gasteiger partial charge in [-0.25, -0.2) is 4.98 Å². The average molecular weight is 471 g/mol. The van der Waals surface area contributed by atoms with Crippen LogP contribution in [-0.4, -0.2) is 35.3 Å². The van der Waals surface area contributed by atoms with Gasteiger partial charge in [0, 0.05) is 35.5 Å². The Bertz CT molecular complexity index is 1040. The summed E-state index contributed by atoms with van der Waals surface area (Å²) in [5.74, 6) is 0.624. The van der Waals surface area contributed by atoms with Crippen molar-refractivity contribution in [2.24, 2.45) is 5.73 Å². The quantitative estimate of drug-likeness (QED) is 0.334. The molecule has 8 heteroatoms. The van der Waals surface area contributed by atoms with Crippen LogP contribution in [0, 0.1) is 0 Å². The second kappa shape index (κ2) is 11.8. The Morgan fingerprint density at radius 1 is 1.16 bits per heavy atom. The predicted molar refractivity (Wildman–Crippen MR) is 133 cm³/mol. The van der Waals surface area contributed by atoms with Crippen LogP contribution in [0.3, 0.4) is 0 Å². The molecule has 0 aliphatic rings. The Labute approximate surface area is 198 Å². The molecule has 0 spiro atoms. The molecule has 1 amide bonds. The Morgan fingerprint density at radius 3 is 2.66 bits per heavy atom. The summed E-state index contributed by atoms with van der Waals surface area (Å²) in [4.78, 5) is 17.3. The van der Waals surface area contributed by atoms with Gasteiger partial charge in [-0.15, -0.1) is 0 Å². The maximum absolute atomic E-state index is 12.6. The lowest BCUT2D eigenvalue weighted by atomic mass is 10.1. The molecule has 0 aliphatic heterocycles. The van der Waals surface area contributed by atoms with Gasteiger partial charge >= 0.3 is 0 Å². The van der Waals surface area contributed by atoms with Crippen LogP contribution in [0.15, 0.2) is 66.7 Å². The third kappa shape index (κ3) is 6.88. The molecule has 0 radical (unpaired) electrons. The minimum absolute atomic E-state index is 0.126. The second-order valence-electron chi connectivity index (χ2n) is 7.35. The van der Waals surface area contributed by atoms with E-state index in [2.05, 4.69) is 28.2 Å². The second-order valence-corrected chi connectivity index (χ2v) is 8.15. The SMILES string of the molecule is C[C@@H](Oc1nc(-c2ccccc2)ccc1NCC(N)CS)C(=O)NCc1cccc(Cl)c1. The molecule has 32 heavy (non-hydrogen) atoms. The number of anilines is 1. The van der Waals surface area contributed by atoms with Gasteiger partial charge in [0.25, 0.3) is 5.91 Å². The Balaban J connectivity index is 1.74. The Kier molecular flexibility index (Phi) is 8.79. The van der Waals surface area contributed by atoms with Gasteiger partial charge in [0.05, 0.1) is 11.4 Å². The van der Waals surface area contributed by atoms with E-state index in [0.29, 0.717) is 35.4 Å². The van der Waals surface area contributed by atoms with Crippen LogP contribution in [0.5, 0.6) is 5.88 Å². The number of nitrogens with two attached hydrogens (primary N) is 1. The van der Waals surface area contributed by atoms with E-state index in [4.69, 9.17) is 22.1 Å². The molecular formula is C24H27ClN4O2S. The van der Waals surface area contributed by atoms with Gasteiger partial charge in [-0.2, -0.15) is 12.6 Å². The van der Waals surface area contributed by atoms with Gasteiger partial charge in [0.15, 0.2) is 6.10 Å².